The molecule has 0 saturated heterocycles. The second-order valence-corrected chi connectivity index (χ2v) is 8.02. The Morgan fingerprint density at radius 3 is 2.90 bits per heavy atom. The summed E-state index contributed by atoms with van der Waals surface area (Å²) in [4.78, 5) is 25.5. The number of hydrogen-bond donors (Lipinski definition) is 3. The summed E-state index contributed by atoms with van der Waals surface area (Å²) in [5.41, 5.74) is 4.68. The Morgan fingerprint density at radius 2 is 2.10 bits per heavy atom. The van der Waals surface area contributed by atoms with Crippen molar-refractivity contribution in [3.8, 4) is 6.07 Å². The molecule has 0 saturated carbocycles. The van der Waals surface area contributed by atoms with Crippen molar-refractivity contribution in [3.05, 3.63) is 77.2 Å². The Labute approximate surface area is 181 Å². The van der Waals surface area contributed by atoms with E-state index in [0.29, 0.717) is 26.6 Å². The van der Waals surface area contributed by atoms with Gasteiger partial charge in [-0.15, -0.1) is 11.3 Å². The van der Waals surface area contributed by atoms with E-state index in [1.165, 1.54) is 17.5 Å². The van der Waals surface area contributed by atoms with E-state index in [9.17, 15) is 10.1 Å². The molecule has 0 spiro atoms. The van der Waals surface area contributed by atoms with Crippen LogP contribution in [0.15, 0.2) is 61.2 Å². The smallest absolute Gasteiger partial charge is 0.265 e. The molecule has 31 heavy (non-hydrogen) atoms. The topological polar surface area (TPSA) is 106 Å². The zero-order valence-electron chi connectivity index (χ0n) is 16.4. The minimum Gasteiger partial charge on any atom is -0.361 e. The van der Waals surface area contributed by atoms with Crippen molar-refractivity contribution >= 4 is 55.4 Å². The second-order valence-electron chi connectivity index (χ2n) is 6.99. The normalized spacial score (nSPS) is 10.8. The number of pyridine rings is 2. The number of amides is 1. The second kappa shape index (κ2) is 7.55. The van der Waals surface area contributed by atoms with E-state index in [1.807, 2.05) is 31.3 Å². The zero-order valence-corrected chi connectivity index (χ0v) is 17.2. The number of carbonyl (C=O) groups is 1. The standard InChI is InChI=1S/C23H16N6OS/c1-13-16-6-8-26-19(16)5-4-18(13)29-21-14(10-24)11-27-23-17(21)9-20(31-23)22(30)28-15-3-2-7-25-12-15/h2-9,11-12,26H,1H3,(H,27,29)(H,28,30). The third kappa shape index (κ3) is 3.37. The monoisotopic (exact) mass is 424 g/mol. The molecule has 0 radical (unpaired) electrons. The molecule has 5 rings (SSSR count). The van der Waals surface area contributed by atoms with Crippen LogP contribution in [0.25, 0.3) is 21.1 Å². The minimum atomic E-state index is -0.245. The van der Waals surface area contributed by atoms with E-state index >= 15 is 0 Å². The first-order valence-corrected chi connectivity index (χ1v) is 10.3. The molecule has 4 aromatic heterocycles. The molecule has 0 bridgehead atoms. The minimum absolute atomic E-state index is 0.245. The highest BCUT2D eigenvalue weighted by Crippen LogP contribution is 2.36. The molecule has 4 heterocycles. The maximum absolute atomic E-state index is 12.7. The van der Waals surface area contributed by atoms with Gasteiger partial charge < -0.3 is 15.6 Å². The van der Waals surface area contributed by atoms with Crippen LogP contribution in [-0.4, -0.2) is 20.9 Å². The Balaban J connectivity index is 1.56. The van der Waals surface area contributed by atoms with E-state index in [-0.39, 0.29) is 5.91 Å². The van der Waals surface area contributed by atoms with Gasteiger partial charge in [-0.2, -0.15) is 5.26 Å². The van der Waals surface area contributed by atoms with E-state index in [4.69, 9.17) is 0 Å². The number of carbonyl (C=O) groups excluding carboxylic acids is 1. The Bertz CT molecular complexity index is 1480. The van der Waals surface area contributed by atoms with Crippen LogP contribution in [0.4, 0.5) is 17.1 Å². The molecule has 5 aromatic rings. The Hall–Kier alpha value is -4.22. The third-order valence-electron chi connectivity index (χ3n) is 5.09. The lowest BCUT2D eigenvalue weighted by Gasteiger charge is -2.12. The fourth-order valence-corrected chi connectivity index (χ4v) is 4.41. The van der Waals surface area contributed by atoms with Gasteiger partial charge in [0.1, 0.15) is 10.9 Å². The van der Waals surface area contributed by atoms with Crippen LogP contribution in [0.3, 0.4) is 0 Å². The molecule has 150 valence electrons. The molecule has 7 nitrogen and oxygen atoms in total. The summed E-state index contributed by atoms with van der Waals surface area (Å²) in [6.07, 6.45) is 6.67. The Morgan fingerprint density at radius 1 is 1.19 bits per heavy atom. The van der Waals surface area contributed by atoms with Crippen LogP contribution in [0.5, 0.6) is 0 Å². The molecule has 0 aliphatic carbocycles. The molecule has 0 unspecified atom stereocenters. The number of aryl methyl sites for hydroxylation is 1. The summed E-state index contributed by atoms with van der Waals surface area (Å²) in [5, 5.41) is 17.7. The van der Waals surface area contributed by atoms with Crippen LogP contribution in [0.1, 0.15) is 20.8 Å². The van der Waals surface area contributed by atoms with Crippen molar-refractivity contribution in [1.82, 2.24) is 15.0 Å². The van der Waals surface area contributed by atoms with Crippen molar-refractivity contribution < 1.29 is 4.79 Å². The van der Waals surface area contributed by atoms with Crippen LogP contribution in [0.2, 0.25) is 0 Å². The molecular weight excluding hydrogens is 408 g/mol. The SMILES string of the molecule is Cc1c(Nc2c(C#N)cnc3sc(C(=O)Nc4cccnc4)cc23)ccc2[nH]ccc12. The number of aromatic nitrogens is 3. The number of thiophene rings is 1. The number of H-pyrrole nitrogens is 1. The van der Waals surface area contributed by atoms with Gasteiger partial charge in [-0.3, -0.25) is 9.78 Å². The molecule has 3 N–H and O–H groups in total. The highest BCUT2D eigenvalue weighted by molar-refractivity contribution is 7.20. The third-order valence-corrected chi connectivity index (χ3v) is 6.13. The first-order valence-electron chi connectivity index (χ1n) is 9.52. The summed E-state index contributed by atoms with van der Waals surface area (Å²) in [6.45, 7) is 2.03. The number of nitrogens with zero attached hydrogens (tertiary/aromatic N) is 3. The largest absolute Gasteiger partial charge is 0.361 e. The van der Waals surface area contributed by atoms with Crippen LogP contribution in [-0.2, 0) is 0 Å². The maximum Gasteiger partial charge on any atom is 0.265 e. The van der Waals surface area contributed by atoms with E-state index < -0.39 is 0 Å². The zero-order chi connectivity index (χ0) is 21.4. The fourth-order valence-electron chi connectivity index (χ4n) is 3.50. The number of nitrogens with one attached hydrogen (secondary N) is 3. The molecule has 0 aliphatic heterocycles. The predicted molar refractivity (Wildman–Crippen MR) is 123 cm³/mol. The quantitative estimate of drug-likeness (QED) is 0.361. The van der Waals surface area contributed by atoms with Gasteiger partial charge in [0.25, 0.3) is 5.91 Å². The van der Waals surface area contributed by atoms with Crippen LogP contribution >= 0.6 is 11.3 Å². The summed E-state index contributed by atoms with van der Waals surface area (Å²) >= 11 is 1.28. The van der Waals surface area contributed by atoms with E-state index in [1.54, 1.807) is 30.6 Å². The van der Waals surface area contributed by atoms with E-state index in [0.717, 1.165) is 27.5 Å². The first kappa shape index (κ1) is 18.8. The molecule has 0 atom stereocenters. The van der Waals surface area contributed by atoms with Gasteiger partial charge in [0, 0.05) is 40.6 Å². The van der Waals surface area contributed by atoms with Gasteiger partial charge in [-0.25, -0.2) is 4.98 Å². The number of hydrogen-bond acceptors (Lipinski definition) is 6. The fraction of sp³-hybridized carbons (Fsp3) is 0.0435. The highest BCUT2D eigenvalue weighted by Gasteiger charge is 2.17. The van der Waals surface area contributed by atoms with Crippen molar-refractivity contribution in [2.45, 2.75) is 6.92 Å². The first-order chi connectivity index (χ1) is 15.1. The molecule has 0 aliphatic rings. The number of aromatic amines is 1. The lowest BCUT2D eigenvalue weighted by atomic mass is 10.1. The maximum atomic E-state index is 12.7. The van der Waals surface area contributed by atoms with Gasteiger partial charge in [0.15, 0.2) is 0 Å². The summed E-state index contributed by atoms with van der Waals surface area (Å²) in [6, 6.07) is 13.5. The number of rotatable bonds is 4. The molecule has 0 fully saturated rings. The summed E-state index contributed by atoms with van der Waals surface area (Å²) in [5.74, 6) is -0.245. The van der Waals surface area contributed by atoms with Crippen molar-refractivity contribution in [1.29, 1.82) is 5.26 Å². The highest BCUT2D eigenvalue weighted by atomic mass is 32.1. The van der Waals surface area contributed by atoms with E-state index in [2.05, 4.69) is 31.7 Å². The number of benzene rings is 1. The van der Waals surface area contributed by atoms with Crippen molar-refractivity contribution in [2.24, 2.45) is 0 Å². The van der Waals surface area contributed by atoms with Crippen molar-refractivity contribution in [2.75, 3.05) is 10.6 Å². The average molecular weight is 424 g/mol. The Kier molecular flexibility index (Phi) is 4.58. The van der Waals surface area contributed by atoms with Crippen LogP contribution < -0.4 is 10.6 Å². The summed E-state index contributed by atoms with van der Waals surface area (Å²) < 4.78 is 0. The van der Waals surface area contributed by atoms with Gasteiger partial charge >= 0.3 is 0 Å². The number of nitriles is 1. The average Bonchev–Trinajstić information content (AvgIpc) is 3.44. The number of anilines is 3. The van der Waals surface area contributed by atoms with Gasteiger partial charge in [0.2, 0.25) is 0 Å². The van der Waals surface area contributed by atoms with Crippen LogP contribution in [0, 0.1) is 18.3 Å². The predicted octanol–water partition coefficient (Wildman–Crippen LogP) is 5.35. The lowest BCUT2D eigenvalue weighted by molar-refractivity contribution is 0.103. The number of fused-ring (bicyclic) bond motifs is 2. The molecule has 1 amide bonds. The van der Waals surface area contributed by atoms with Crippen molar-refractivity contribution in [3.63, 3.8) is 0 Å². The molecule has 1 aromatic carbocycles. The molecular formula is C23H16N6OS. The summed E-state index contributed by atoms with van der Waals surface area (Å²) in [7, 11) is 0. The lowest BCUT2D eigenvalue weighted by Crippen LogP contribution is -2.09. The van der Waals surface area contributed by atoms with Gasteiger partial charge in [-0.05, 0) is 48.9 Å². The van der Waals surface area contributed by atoms with Gasteiger partial charge in [-0.1, -0.05) is 0 Å². The molecule has 8 heteroatoms. The van der Waals surface area contributed by atoms with Gasteiger partial charge in [0.05, 0.1) is 28.0 Å².